The van der Waals surface area contributed by atoms with Gasteiger partial charge in [-0.05, 0) is 26.0 Å². The molecule has 0 aliphatic carbocycles. The van der Waals surface area contributed by atoms with Gasteiger partial charge >= 0.3 is 6.03 Å². The first-order chi connectivity index (χ1) is 11.7. The van der Waals surface area contributed by atoms with E-state index in [9.17, 15) is 4.79 Å². The van der Waals surface area contributed by atoms with E-state index < -0.39 is 0 Å². The van der Waals surface area contributed by atoms with E-state index in [1.54, 1.807) is 16.2 Å². The lowest BCUT2D eigenvalue weighted by atomic mass is 10.2. The molecule has 24 heavy (non-hydrogen) atoms. The summed E-state index contributed by atoms with van der Waals surface area (Å²) in [5.41, 5.74) is 0.882. The highest BCUT2D eigenvalue weighted by Gasteiger charge is 2.24. The Morgan fingerprint density at radius 2 is 2.21 bits per heavy atom. The summed E-state index contributed by atoms with van der Waals surface area (Å²) in [6.07, 6.45) is -0.174. The third kappa shape index (κ3) is 3.97. The van der Waals surface area contributed by atoms with Crippen molar-refractivity contribution in [1.82, 2.24) is 15.2 Å². The van der Waals surface area contributed by atoms with Crippen molar-refractivity contribution in [2.45, 2.75) is 26.5 Å². The van der Waals surface area contributed by atoms with Gasteiger partial charge < -0.3 is 19.7 Å². The van der Waals surface area contributed by atoms with Crippen LogP contribution >= 0.6 is 11.3 Å². The van der Waals surface area contributed by atoms with Gasteiger partial charge in [-0.15, -0.1) is 11.3 Å². The van der Waals surface area contributed by atoms with Gasteiger partial charge in [0, 0.05) is 11.9 Å². The fourth-order valence-electron chi connectivity index (χ4n) is 2.52. The second-order valence-corrected chi connectivity index (χ2v) is 6.62. The van der Waals surface area contributed by atoms with Crippen LogP contribution in [-0.2, 0) is 6.54 Å². The van der Waals surface area contributed by atoms with Gasteiger partial charge in [-0.2, -0.15) is 0 Å². The zero-order chi connectivity index (χ0) is 16.9. The second kappa shape index (κ2) is 7.53. The van der Waals surface area contributed by atoms with Crippen molar-refractivity contribution in [2.24, 2.45) is 0 Å². The summed E-state index contributed by atoms with van der Waals surface area (Å²) in [6, 6.07) is 7.46. The van der Waals surface area contributed by atoms with Gasteiger partial charge in [-0.25, -0.2) is 9.78 Å². The van der Waals surface area contributed by atoms with Crippen LogP contribution in [0.3, 0.4) is 0 Å². The lowest BCUT2D eigenvalue weighted by molar-refractivity contribution is 0.0675. The second-order valence-electron chi connectivity index (χ2n) is 5.55. The summed E-state index contributed by atoms with van der Waals surface area (Å²) < 4.78 is 11.6. The standard InChI is InChI=1S/C17H21N3O3S/c1-3-20(17(21)18-8-13-11-24-12(2)19-13)9-14-10-22-15-6-4-5-7-16(15)23-14/h4-7,11,14H,3,8-10H2,1-2H3,(H,18,21)/t14-/m1/s1. The van der Waals surface area contributed by atoms with Crippen LogP contribution in [0.15, 0.2) is 29.6 Å². The topological polar surface area (TPSA) is 63.7 Å². The van der Waals surface area contributed by atoms with Crippen LogP contribution < -0.4 is 14.8 Å². The quantitative estimate of drug-likeness (QED) is 0.903. The first-order valence-corrected chi connectivity index (χ1v) is 8.86. The van der Waals surface area contributed by atoms with Crippen molar-refractivity contribution < 1.29 is 14.3 Å². The van der Waals surface area contributed by atoms with Gasteiger partial charge in [0.1, 0.15) is 6.61 Å². The fraction of sp³-hybridized carbons (Fsp3) is 0.412. The summed E-state index contributed by atoms with van der Waals surface area (Å²) in [5.74, 6) is 1.48. The number of amides is 2. The van der Waals surface area contributed by atoms with Crippen molar-refractivity contribution in [1.29, 1.82) is 0 Å². The van der Waals surface area contributed by atoms with Crippen LogP contribution in [0.25, 0.3) is 0 Å². The molecule has 2 heterocycles. The number of likely N-dealkylation sites (N-methyl/N-ethyl adjacent to an activating group) is 1. The van der Waals surface area contributed by atoms with Gasteiger partial charge in [-0.1, -0.05) is 12.1 Å². The summed E-state index contributed by atoms with van der Waals surface area (Å²) in [6.45, 7) is 5.85. The molecular weight excluding hydrogens is 326 g/mol. The first-order valence-electron chi connectivity index (χ1n) is 7.98. The molecule has 1 aliphatic heterocycles. The van der Waals surface area contributed by atoms with E-state index in [4.69, 9.17) is 9.47 Å². The molecule has 1 aromatic carbocycles. The lowest BCUT2D eigenvalue weighted by Gasteiger charge is -2.30. The van der Waals surface area contributed by atoms with Crippen molar-refractivity contribution in [3.63, 3.8) is 0 Å². The Morgan fingerprint density at radius 1 is 1.42 bits per heavy atom. The number of aryl methyl sites for hydroxylation is 1. The molecule has 7 heteroatoms. The zero-order valence-electron chi connectivity index (χ0n) is 13.8. The zero-order valence-corrected chi connectivity index (χ0v) is 14.6. The molecular formula is C17H21N3O3S. The van der Waals surface area contributed by atoms with Crippen LogP contribution in [0, 0.1) is 6.92 Å². The summed E-state index contributed by atoms with van der Waals surface area (Å²) >= 11 is 1.58. The molecule has 0 bridgehead atoms. The van der Waals surface area contributed by atoms with Gasteiger partial charge in [0.2, 0.25) is 0 Å². The third-order valence-corrected chi connectivity index (χ3v) is 4.57. The normalized spacial score (nSPS) is 15.8. The molecule has 1 aromatic heterocycles. The number of nitrogens with zero attached hydrogens (tertiary/aromatic N) is 2. The van der Waals surface area contributed by atoms with Gasteiger partial charge in [0.15, 0.2) is 17.6 Å². The molecule has 0 saturated heterocycles. The van der Waals surface area contributed by atoms with Gasteiger partial charge in [-0.3, -0.25) is 0 Å². The Morgan fingerprint density at radius 3 is 2.92 bits per heavy atom. The summed E-state index contributed by atoms with van der Waals surface area (Å²) in [4.78, 5) is 18.4. The molecule has 0 radical (unpaired) electrons. The number of hydrogen-bond donors (Lipinski definition) is 1. The molecule has 0 spiro atoms. The van der Waals surface area contributed by atoms with E-state index in [2.05, 4.69) is 10.3 Å². The van der Waals surface area contributed by atoms with Crippen LogP contribution in [0.1, 0.15) is 17.6 Å². The number of fused-ring (bicyclic) bond motifs is 1. The van der Waals surface area contributed by atoms with Crippen molar-refractivity contribution in [3.05, 3.63) is 40.3 Å². The Labute approximate surface area is 145 Å². The average molecular weight is 347 g/mol. The Balaban J connectivity index is 1.53. The molecule has 1 atom stereocenters. The number of para-hydroxylation sites is 2. The minimum absolute atomic E-state index is 0.120. The average Bonchev–Trinajstić information content (AvgIpc) is 3.02. The van der Waals surface area contributed by atoms with E-state index in [0.717, 1.165) is 22.2 Å². The van der Waals surface area contributed by atoms with Crippen LogP contribution in [-0.4, -0.2) is 41.7 Å². The predicted molar refractivity (Wildman–Crippen MR) is 92.7 cm³/mol. The molecule has 6 nitrogen and oxygen atoms in total. The molecule has 2 aromatic rings. The number of ether oxygens (including phenoxy) is 2. The number of urea groups is 1. The third-order valence-electron chi connectivity index (χ3n) is 3.75. The lowest BCUT2D eigenvalue weighted by Crippen LogP contribution is -2.47. The van der Waals surface area contributed by atoms with Gasteiger partial charge in [0.05, 0.1) is 23.8 Å². The van der Waals surface area contributed by atoms with E-state index in [0.29, 0.717) is 26.2 Å². The number of rotatable bonds is 5. The number of aromatic nitrogens is 1. The van der Waals surface area contributed by atoms with Crippen LogP contribution in [0.4, 0.5) is 4.79 Å². The maximum atomic E-state index is 12.4. The van der Waals surface area contributed by atoms with Crippen molar-refractivity contribution in [2.75, 3.05) is 19.7 Å². The Kier molecular flexibility index (Phi) is 5.20. The molecule has 0 saturated carbocycles. The Hall–Kier alpha value is -2.28. The highest BCUT2D eigenvalue weighted by atomic mass is 32.1. The molecule has 3 rings (SSSR count). The SMILES string of the molecule is CCN(C[C@@H]1COc2ccccc2O1)C(=O)NCc1csc(C)n1. The Bertz CT molecular complexity index is 704. The molecule has 1 N–H and O–H groups in total. The largest absolute Gasteiger partial charge is 0.486 e. The highest BCUT2D eigenvalue weighted by molar-refractivity contribution is 7.09. The highest BCUT2D eigenvalue weighted by Crippen LogP contribution is 2.30. The molecule has 0 fully saturated rings. The number of nitrogens with one attached hydrogen (secondary N) is 1. The first kappa shape index (κ1) is 16.6. The number of benzene rings is 1. The maximum absolute atomic E-state index is 12.4. The minimum Gasteiger partial charge on any atom is -0.486 e. The monoisotopic (exact) mass is 347 g/mol. The van der Waals surface area contributed by atoms with E-state index in [1.165, 1.54) is 0 Å². The predicted octanol–water partition coefficient (Wildman–Crippen LogP) is 2.82. The van der Waals surface area contributed by atoms with Crippen LogP contribution in [0.5, 0.6) is 11.5 Å². The maximum Gasteiger partial charge on any atom is 0.317 e. The number of carbonyl (C=O) groups excluding carboxylic acids is 1. The van der Waals surface area contributed by atoms with Gasteiger partial charge in [0.25, 0.3) is 0 Å². The van der Waals surface area contributed by atoms with Crippen molar-refractivity contribution >= 4 is 17.4 Å². The fourth-order valence-corrected chi connectivity index (χ4v) is 3.13. The summed E-state index contributed by atoms with van der Waals surface area (Å²) in [7, 11) is 0. The summed E-state index contributed by atoms with van der Waals surface area (Å²) in [5, 5.41) is 5.86. The minimum atomic E-state index is -0.174. The van der Waals surface area contributed by atoms with E-state index >= 15 is 0 Å². The molecule has 1 aliphatic rings. The molecule has 2 amide bonds. The van der Waals surface area contributed by atoms with Crippen LogP contribution in [0.2, 0.25) is 0 Å². The molecule has 0 unspecified atom stereocenters. The van der Waals surface area contributed by atoms with E-state index in [1.807, 2.05) is 43.5 Å². The molecule has 128 valence electrons. The number of hydrogen-bond acceptors (Lipinski definition) is 5. The number of carbonyl (C=O) groups is 1. The smallest absolute Gasteiger partial charge is 0.317 e. The number of thiazole rings is 1. The van der Waals surface area contributed by atoms with E-state index in [-0.39, 0.29) is 12.1 Å². The van der Waals surface area contributed by atoms with Crippen molar-refractivity contribution in [3.8, 4) is 11.5 Å².